The molecule has 0 fully saturated rings. The van der Waals surface area contributed by atoms with Crippen LogP contribution >= 0.6 is 0 Å². The zero-order valence-electron chi connectivity index (χ0n) is 14.7. The Labute approximate surface area is 150 Å². The summed E-state index contributed by atoms with van der Waals surface area (Å²) in [7, 11) is 0. The van der Waals surface area contributed by atoms with E-state index in [2.05, 4.69) is 60.7 Å². The zero-order valence-corrected chi connectivity index (χ0v) is 14.7. The second-order valence-electron chi connectivity index (χ2n) is 7.50. The van der Waals surface area contributed by atoms with Crippen LogP contribution in [-0.4, -0.2) is 0 Å². The van der Waals surface area contributed by atoms with Crippen molar-refractivity contribution in [2.75, 3.05) is 0 Å². The Hall–Kier alpha value is -2.34. The van der Waals surface area contributed by atoms with Gasteiger partial charge in [-0.2, -0.15) is 0 Å². The third kappa shape index (κ3) is 2.52. The first-order valence-electron chi connectivity index (χ1n) is 9.73. The minimum Gasteiger partial charge on any atom is -0.0622 e. The fraction of sp³-hybridized carbons (Fsp3) is 0.280. The van der Waals surface area contributed by atoms with E-state index in [-0.39, 0.29) is 0 Å². The quantitative estimate of drug-likeness (QED) is 0.455. The highest BCUT2D eigenvalue weighted by molar-refractivity contribution is 5.89. The van der Waals surface area contributed by atoms with E-state index in [4.69, 9.17) is 0 Å². The number of benzene rings is 3. The van der Waals surface area contributed by atoms with Crippen molar-refractivity contribution < 1.29 is 0 Å². The minimum absolute atomic E-state index is 1.19. The molecule has 0 heterocycles. The van der Waals surface area contributed by atoms with E-state index in [1.54, 1.807) is 16.7 Å². The van der Waals surface area contributed by atoms with Gasteiger partial charge < -0.3 is 0 Å². The molecule has 0 saturated heterocycles. The molecule has 0 aromatic heterocycles. The van der Waals surface area contributed by atoms with Gasteiger partial charge in [-0.15, -0.1) is 0 Å². The topological polar surface area (TPSA) is 0 Å². The molecule has 0 atom stereocenters. The van der Waals surface area contributed by atoms with Crippen LogP contribution in [0.2, 0.25) is 0 Å². The van der Waals surface area contributed by atoms with E-state index in [1.165, 1.54) is 72.8 Å². The average molecular weight is 324 g/mol. The van der Waals surface area contributed by atoms with Gasteiger partial charge in [0, 0.05) is 0 Å². The Morgan fingerprint density at radius 2 is 1.32 bits per heavy atom. The Bertz CT molecular complexity index is 918. The van der Waals surface area contributed by atoms with Crippen molar-refractivity contribution >= 4 is 0 Å². The predicted octanol–water partition coefficient (Wildman–Crippen LogP) is 6.39. The lowest BCUT2D eigenvalue weighted by Crippen LogP contribution is -2.10. The van der Waals surface area contributed by atoms with Crippen LogP contribution in [0.5, 0.6) is 0 Å². The van der Waals surface area contributed by atoms with E-state index in [1.807, 2.05) is 0 Å². The number of rotatable bonds is 1. The van der Waals surface area contributed by atoms with E-state index in [0.29, 0.717) is 0 Å². The first-order chi connectivity index (χ1) is 12.4. The SMILES string of the molecule is c1ccc(-c2cc3c(c4c2-c2ccccc2CC4)CCCCC3)cc1. The van der Waals surface area contributed by atoms with Gasteiger partial charge in [-0.1, -0.05) is 67.1 Å². The fourth-order valence-electron chi connectivity index (χ4n) is 4.84. The second kappa shape index (κ2) is 6.19. The van der Waals surface area contributed by atoms with Gasteiger partial charge >= 0.3 is 0 Å². The molecule has 25 heavy (non-hydrogen) atoms. The summed E-state index contributed by atoms with van der Waals surface area (Å²) >= 11 is 0. The maximum Gasteiger partial charge on any atom is -0.00675 e. The largest absolute Gasteiger partial charge is 0.0622 e. The number of hydrogen-bond donors (Lipinski definition) is 0. The first kappa shape index (κ1) is 15.0. The molecule has 0 heteroatoms. The molecule has 0 saturated carbocycles. The molecule has 0 N–H and O–H groups in total. The van der Waals surface area contributed by atoms with E-state index < -0.39 is 0 Å². The summed E-state index contributed by atoms with van der Waals surface area (Å²) in [5.74, 6) is 0. The van der Waals surface area contributed by atoms with Crippen LogP contribution in [0.3, 0.4) is 0 Å². The third-order valence-corrected chi connectivity index (χ3v) is 6.03. The Morgan fingerprint density at radius 1 is 0.520 bits per heavy atom. The third-order valence-electron chi connectivity index (χ3n) is 6.03. The van der Waals surface area contributed by atoms with Crippen LogP contribution in [0.25, 0.3) is 22.3 Å². The van der Waals surface area contributed by atoms with Crippen molar-refractivity contribution in [3.05, 3.63) is 82.9 Å². The smallest absolute Gasteiger partial charge is 0.00675 e. The van der Waals surface area contributed by atoms with Crippen molar-refractivity contribution in [3.8, 4) is 22.3 Å². The van der Waals surface area contributed by atoms with Gasteiger partial charge in [0.1, 0.15) is 0 Å². The van der Waals surface area contributed by atoms with Gasteiger partial charge in [0.2, 0.25) is 0 Å². The van der Waals surface area contributed by atoms with Gasteiger partial charge in [-0.3, -0.25) is 0 Å². The van der Waals surface area contributed by atoms with Crippen molar-refractivity contribution in [2.24, 2.45) is 0 Å². The summed E-state index contributed by atoms with van der Waals surface area (Å²) in [5, 5.41) is 0. The molecule has 0 spiro atoms. The summed E-state index contributed by atoms with van der Waals surface area (Å²) in [6.45, 7) is 0. The van der Waals surface area contributed by atoms with Gasteiger partial charge in [0.05, 0.1) is 0 Å². The number of fused-ring (bicyclic) bond motifs is 5. The zero-order chi connectivity index (χ0) is 16.6. The molecular formula is C25H24. The van der Waals surface area contributed by atoms with Crippen molar-refractivity contribution in [2.45, 2.75) is 44.9 Å². The highest BCUT2D eigenvalue weighted by Gasteiger charge is 2.25. The number of aryl methyl sites for hydroxylation is 2. The molecule has 0 bridgehead atoms. The van der Waals surface area contributed by atoms with Gasteiger partial charge in [-0.05, 0) is 83.0 Å². The van der Waals surface area contributed by atoms with Crippen LogP contribution in [0.4, 0.5) is 0 Å². The molecule has 124 valence electrons. The Balaban J connectivity index is 1.84. The summed E-state index contributed by atoms with van der Waals surface area (Å²) < 4.78 is 0. The molecule has 2 aliphatic rings. The van der Waals surface area contributed by atoms with Crippen LogP contribution < -0.4 is 0 Å². The lowest BCUT2D eigenvalue weighted by atomic mass is 9.77. The molecule has 3 aromatic carbocycles. The molecule has 5 rings (SSSR count). The summed E-state index contributed by atoms with van der Waals surface area (Å²) in [4.78, 5) is 0. The monoisotopic (exact) mass is 324 g/mol. The highest BCUT2D eigenvalue weighted by Crippen LogP contribution is 2.44. The highest BCUT2D eigenvalue weighted by atomic mass is 14.3. The lowest BCUT2D eigenvalue weighted by Gasteiger charge is -2.27. The van der Waals surface area contributed by atoms with Gasteiger partial charge in [0.25, 0.3) is 0 Å². The lowest BCUT2D eigenvalue weighted by molar-refractivity contribution is 0.710. The van der Waals surface area contributed by atoms with E-state index in [0.717, 1.165) is 0 Å². The van der Waals surface area contributed by atoms with Crippen molar-refractivity contribution in [3.63, 3.8) is 0 Å². The molecule has 3 aromatic rings. The van der Waals surface area contributed by atoms with Gasteiger partial charge in [-0.25, -0.2) is 0 Å². The standard InChI is InChI=1S/C25H24/c1-3-9-18(10-4-1)24-17-20-12-5-2-6-13-21(20)23-16-15-19-11-7-8-14-22(19)25(23)24/h1,3-4,7-11,14,17H,2,5-6,12-13,15-16H2. The van der Waals surface area contributed by atoms with Crippen LogP contribution in [0.1, 0.15) is 41.5 Å². The maximum absolute atomic E-state index is 2.52. The van der Waals surface area contributed by atoms with Crippen LogP contribution in [0.15, 0.2) is 60.7 Å². The molecule has 0 unspecified atom stereocenters. The average Bonchev–Trinajstić information content (AvgIpc) is 2.93. The van der Waals surface area contributed by atoms with Gasteiger partial charge in [0.15, 0.2) is 0 Å². The maximum atomic E-state index is 2.52. The predicted molar refractivity (Wildman–Crippen MR) is 106 cm³/mol. The Kier molecular flexibility index (Phi) is 3.70. The Morgan fingerprint density at radius 3 is 2.24 bits per heavy atom. The summed E-state index contributed by atoms with van der Waals surface area (Å²) in [5.41, 5.74) is 12.3. The second-order valence-corrected chi connectivity index (χ2v) is 7.50. The number of hydrogen-bond acceptors (Lipinski definition) is 0. The first-order valence-corrected chi connectivity index (χ1v) is 9.73. The molecule has 0 amide bonds. The normalized spacial score (nSPS) is 15.7. The molecular weight excluding hydrogens is 300 g/mol. The van der Waals surface area contributed by atoms with Crippen LogP contribution in [-0.2, 0) is 25.7 Å². The molecule has 0 aliphatic heterocycles. The molecule has 2 aliphatic carbocycles. The fourth-order valence-corrected chi connectivity index (χ4v) is 4.84. The summed E-state index contributed by atoms with van der Waals surface area (Å²) in [6, 6.07) is 22.6. The molecule has 0 nitrogen and oxygen atoms in total. The van der Waals surface area contributed by atoms with E-state index in [9.17, 15) is 0 Å². The summed E-state index contributed by atoms with van der Waals surface area (Å²) in [6.07, 6.45) is 8.99. The molecule has 0 radical (unpaired) electrons. The van der Waals surface area contributed by atoms with Crippen molar-refractivity contribution in [1.82, 2.24) is 0 Å². The van der Waals surface area contributed by atoms with Crippen LogP contribution in [0, 0.1) is 0 Å². The minimum atomic E-state index is 1.19. The van der Waals surface area contributed by atoms with Crippen molar-refractivity contribution in [1.29, 1.82) is 0 Å². The van der Waals surface area contributed by atoms with E-state index >= 15 is 0 Å².